The first-order valence-electron chi connectivity index (χ1n) is 11.9. The van der Waals surface area contributed by atoms with E-state index < -0.39 is 46.9 Å². The number of nitrogens with one attached hydrogen (secondary N) is 1. The summed E-state index contributed by atoms with van der Waals surface area (Å²) in [5.41, 5.74) is -1.90. The summed E-state index contributed by atoms with van der Waals surface area (Å²) >= 11 is 0. The number of rotatable bonds is 10. The predicted molar refractivity (Wildman–Crippen MR) is 127 cm³/mol. The molecule has 2 saturated carbocycles. The molecular formula is C25H35N3O8. The van der Waals surface area contributed by atoms with Crippen LogP contribution < -0.4 is 19.5 Å². The average molecular weight is 506 g/mol. The van der Waals surface area contributed by atoms with E-state index >= 15 is 0 Å². The maximum absolute atomic E-state index is 13.5. The molecule has 3 rings (SSSR count). The lowest BCUT2D eigenvalue weighted by Gasteiger charge is -2.25. The standard InChI is InChI=1S/C25H35N3O8/c1-8-14-13-25(14,22(31)34-9-2)28-20(29)16-10-15(11-17(16)21(30)36-24(3,4)5)35-19-12-18(32-6)26-23(27-19)33-7/h8,12,14-17H,1,9-11,13H2,2-7H3,(H,28,29). The molecule has 0 aromatic carbocycles. The number of aromatic nitrogens is 2. The van der Waals surface area contributed by atoms with E-state index in [1.165, 1.54) is 20.3 Å². The van der Waals surface area contributed by atoms with Gasteiger partial charge in [0.1, 0.15) is 17.2 Å². The van der Waals surface area contributed by atoms with Gasteiger partial charge in [-0.1, -0.05) is 6.08 Å². The van der Waals surface area contributed by atoms with Crippen LogP contribution in [-0.2, 0) is 23.9 Å². The molecule has 1 amide bonds. The Balaban J connectivity index is 1.82. The SMILES string of the molecule is C=CC1CC1(NC(=O)C1CC(Oc2cc(OC)nc(OC)n2)CC1C(=O)OC(C)(C)C)C(=O)OCC. The van der Waals surface area contributed by atoms with Crippen LogP contribution in [0, 0.1) is 17.8 Å². The fraction of sp³-hybridized carbons (Fsp3) is 0.640. The molecule has 1 aromatic rings. The summed E-state index contributed by atoms with van der Waals surface area (Å²) in [6, 6.07) is 1.55. The maximum Gasteiger partial charge on any atom is 0.332 e. The predicted octanol–water partition coefficient (Wildman–Crippen LogP) is 2.23. The van der Waals surface area contributed by atoms with Crippen molar-refractivity contribution in [3.63, 3.8) is 0 Å². The summed E-state index contributed by atoms with van der Waals surface area (Å²) < 4.78 is 27.1. The molecule has 11 heteroatoms. The van der Waals surface area contributed by atoms with Crippen molar-refractivity contribution in [3.8, 4) is 17.8 Å². The van der Waals surface area contributed by atoms with Crippen molar-refractivity contribution in [1.82, 2.24) is 15.3 Å². The van der Waals surface area contributed by atoms with Crippen LogP contribution in [0.2, 0.25) is 0 Å². The Kier molecular flexibility index (Phi) is 8.10. The van der Waals surface area contributed by atoms with Crippen molar-refractivity contribution in [2.24, 2.45) is 17.8 Å². The maximum atomic E-state index is 13.5. The van der Waals surface area contributed by atoms with Crippen molar-refractivity contribution in [2.45, 2.75) is 64.2 Å². The van der Waals surface area contributed by atoms with Gasteiger partial charge in [0.05, 0.1) is 38.7 Å². The lowest BCUT2D eigenvalue weighted by Crippen LogP contribution is -2.49. The zero-order valence-corrected chi connectivity index (χ0v) is 21.7. The molecule has 198 valence electrons. The van der Waals surface area contributed by atoms with Crippen LogP contribution in [0.25, 0.3) is 0 Å². The topological polar surface area (TPSA) is 135 Å². The van der Waals surface area contributed by atoms with Crippen molar-refractivity contribution < 1.29 is 38.1 Å². The highest BCUT2D eigenvalue weighted by Gasteiger charge is 2.62. The average Bonchev–Trinajstić information content (AvgIpc) is 3.37. The third-order valence-electron chi connectivity index (χ3n) is 6.19. The molecule has 1 aromatic heterocycles. The molecule has 5 unspecified atom stereocenters. The van der Waals surface area contributed by atoms with Crippen molar-refractivity contribution in [2.75, 3.05) is 20.8 Å². The first kappa shape index (κ1) is 27.2. The molecular weight excluding hydrogens is 470 g/mol. The second-order valence-electron chi connectivity index (χ2n) is 9.92. The van der Waals surface area contributed by atoms with Gasteiger partial charge in [-0.05, 0) is 47.0 Å². The van der Waals surface area contributed by atoms with E-state index in [-0.39, 0.29) is 43.1 Å². The monoisotopic (exact) mass is 505 g/mol. The number of ether oxygens (including phenoxy) is 5. The molecule has 2 aliphatic rings. The summed E-state index contributed by atoms with van der Waals surface area (Å²) in [6.45, 7) is 10.9. The Labute approximate surface area is 210 Å². The lowest BCUT2D eigenvalue weighted by atomic mass is 9.94. The van der Waals surface area contributed by atoms with Gasteiger partial charge in [0.2, 0.25) is 17.7 Å². The molecule has 0 spiro atoms. The Morgan fingerprint density at radius 2 is 1.81 bits per heavy atom. The van der Waals surface area contributed by atoms with Crippen LogP contribution in [0.15, 0.2) is 18.7 Å². The van der Waals surface area contributed by atoms with Crippen LogP contribution in [0.5, 0.6) is 17.8 Å². The van der Waals surface area contributed by atoms with E-state index in [1.54, 1.807) is 33.8 Å². The van der Waals surface area contributed by atoms with Gasteiger partial charge in [0, 0.05) is 5.92 Å². The molecule has 11 nitrogen and oxygen atoms in total. The third-order valence-corrected chi connectivity index (χ3v) is 6.19. The molecule has 0 radical (unpaired) electrons. The summed E-state index contributed by atoms with van der Waals surface area (Å²) in [7, 11) is 2.87. The summed E-state index contributed by atoms with van der Waals surface area (Å²) in [5.74, 6) is -2.83. The van der Waals surface area contributed by atoms with E-state index in [9.17, 15) is 14.4 Å². The number of nitrogens with zero attached hydrogens (tertiary/aromatic N) is 2. The number of hydrogen-bond acceptors (Lipinski definition) is 10. The normalized spacial score (nSPS) is 26.9. The largest absolute Gasteiger partial charge is 0.481 e. The smallest absolute Gasteiger partial charge is 0.332 e. The van der Waals surface area contributed by atoms with Crippen LogP contribution in [0.1, 0.15) is 47.0 Å². The van der Waals surface area contributed by atoms with E-state index in [4.69, 9.17) is 23.7 Å². The lowest BCUT2D eigenvalue weighted by molar-refractivity contribution is -0.163. The van der Waals surface area contributed by atoms with Gasteiger partial charge in [0.25, 0.3) is 0 Å². The van der Waals surface area contributed by atoms with Crippen LogP contribution in [-0.4, -0.2) is 65.9 Å². The van der Waals surface area contributed by atoms with Crippen LogP contribution in [0.3, 0.4) is 0 Å². The molecule has 0 bridgehead atoms. The quantitative estimate of drug-likeness (QED) is 0.372. The van der Waals surface area contributed by atoms with E-state index in [1.807, 2.05) is 0 Å². The third kappa shape index (κ3) is 6.06. The fourth-order valence-corrected chi connectivity index (χ4v) is 4.40. The van der Waals surface area contributed by atoms with Crippen molar-refractivity contribution >= 4 is 17.8 Å². The number of carbonyl (C=O) groups excluding carboxylic acids is 3. The van der Waals surface area contributed by atoms with E-state index in [0.717, 1.165) is 0 Å². The van der Waals surface area contributed by atoms with E-state index in [0.29, 0.717) is 6.42 Å². The molecule has 2 fully saturated rings. The Morgan fingerprint density at radius 1 is 1.14 bits per heavy atom. The molecule has 2 aliphatic carbocycles. The minimum absolute atomic E-state index is 0.0564. The van der Waals surface area contributed by atoms with Gasteiger partial charge < -0.3 is 29.0 Å². The molecule has 0 aliphatic heterocycles. The molecule has 1 N–H and O–H groups in total. The van der Waals surface area contributed by atoms with Crippen LogP contribution in [0.4, 0.5) is 0 Å². The number of hydrogen-bond donors (Lipinski definition) is 1. The highest BCUT2D eigenvalue weighted by atomic mass is 16.6. The van der Waals surface area contributed by atoms with Gasteiger partial charge >= 0.3 is 17.9 Å². The van der Waals surface area contributed by atoms with Gasteiger partial charge in [0.15, 0.2) is 0 Å². The number of esters is 2. The Bertz CT molecular complexity index is 985. The fourth-order valence-electron chi connectivity index (χ4n) is 4.40. The van der Waals surface area contributed by atoms with Gasteiger partial charge in [-0.25, -0.2) is 4.79 Å². The van der Waals surface area contributed by atoms with Crippen molar-refractivity contribution in [1.29, 1.82) is 0 Å². The Morgan fingerprint density at radius 3 is 2.36 bits per heavy atom. The van der Waals surface area contributed by atoms with E-state index in [2.05, 4.69) is 21.9 Å². The number of amides is 1. The second-order valence-corrected chi connectivity index (χ2v) is 9.92. The number of carbonyl (C=O) groups is 3. The highest BCUT2D eigenvalue weighted by molar-refractivity contribution is 5.94. The van der Waals surface area contributed by atoms with Gasteiger partial charge in [-0.2, -0.15) is 9.97 Å². The number of methoxy groups -OCH3 is 2. The minimum atomic E-state index is -1.17. The summed E-state index contributed by atoms with van der Waals surface area (Å²) in [5, 5.41) is 2.85. The van der Waals surface area contributed by atoms with Gasteiger partial charge in [-0.3, -0.25) is 9.59 Å². The molecule has 5 atom stereocenters. The second kappa shape index (κ2) is 10.7. The summed E-state index contributed by atoms with van der Waals surface area (Å²) in [6.07, 6.45) is 1.92. The summed E-state index contributed by atoms with van der Waals surface area (Å²) in [4.78, 5) is 47.4. The van der Waals surface area contributed by atoms with Crippen molar-refractivity contribution in [3.05, 3.63) is 18.7 Å². The minimum Gasteiger partial charge on any atom is -0.481 e. The molecule has 36 heavy (non-hydrogen) atoms. The Hall–Kier alpha value is -3.37. The van der Waals surface area contributed by atoms with Crippen LogP contribution >= 0.6 is 0 Å². The van der Waals surface area contributed by atoms with Gasteiger partial charge in [-0.15, -0.1) is 6.58 Å². The highest BCUT2D eigenvalue weighted by Crippen LogP contribution is 2.46. The zero-order valence-electron chi connectivity index (χ0n) is 21.7. The first-order valence-corrected chi connectivity index (χ1v) is 11.9. The first-order chi connectivity index (χ1) is 17.0. The molecule has 0 saturated heterocycles. The molecule has 1 heterocycles. The zero-order chi connectivity index (χ0) is 26.7.